The lowest BCUT2D eigenvalue weighted by Crippen LogP contribution is -2.21. The van der Waals surface area contributed by atoms with Gasteiger partial charge in [-0.05, 0) is 48.5 Å². The van der Waals surface area contributed by atoms with E-state index in [0.717, 1.165) is 5.69 Å². The van der Waals surface area contributed by atoms with Crippen LogP contribution in [-0.2, 0) is 4.79 Å². The summed E-state index contributed by atoms with van der Waals surface area (Å²) in [7, 11) is 0. The van der Waals surface area contributed by atoms with Crippen molar-refractivity contribution in [2.24, 2.45) is 0 Å². The number of aromatic nitrogens is 1. The predicted molar refractivity (Wildman–Crippen MR) is 96.1 cm³/mol. The van der Waals surface area contributed by atoms with Gasteiger partial charge >= 0.3 is 0 Å². The fourth-order valence-electron chi connectivity index (χ4n) is 2.31. The Hall–Kier alpha value is -3.23. The highest BCUT2D eigenvalue weighted by Crippen LogP contribution is 2.24. The van der Waals surface area contributed by atoms with E-state index < -0.39 is 0 Å². The number of ether oxygens (including phenoxy) is 1. The highest BCUT2D eigenvalue weighted by molar-refractivity contribution is 6.30. The van der Waals surface area contributed by atoms with Gasteiger partial charge in [0.25, 0.3) is 5.91 Å². The molecule has 0 radical (unpaired) electrons. The number of nitrogens with one attached hydrogen (secondary N) is 1. The molecule has 0 saturated carbocycles. The zero-order chi connectivity index (χ0) is 17.6. The fraction of sp³-hybridized carbons (Fsp3) is 0.0526. The molecule has 0 aliphatic carbocycles. The summed E-state index contributed by atoms with van der Waals surface area (Å²) in [5.74, 6) is 0.161. The minimum absolute atomic E-state index is 0.164. The van der Waals surface area contributed by atoms with Crippen LogP contribution < -0.4 is 10.1 Å². The van der Waals surface area contributed by atoms with Gasteiger partial charge in [0, 0.05) is 17.4 Å². The summed E-state index contributed by atoms with van der Waals surface area (Å²) in [6.07, 6.45) is 3.73. The van der Waals surface area contributed by atoms with Crippen LogP contribution in [0.1, 0.15) is 5.56 Å². The number of benzene rings is 2. The summed E-state index contributed by atoms with van der Waals surface area (Å²) in [5, 5.41) is 12.3. The van der Waals surface area contributed by atoms with Crippen molar-refractivity contribution >= 4 is 23.2 Å². The van der Waals surface area contributed by atoms with Crippen molar-refractivity contribution in [2.45, 2.75) is 0 Å². The van der Waals surface area contributed by atoms with E-state index >= 15 is 0 Å². The normalized spacial score (nSPS) is 10.1. The maximum atomic E-state index is 12.2. The molecule has 0 bridgehead atoms. The number of anilines is 1. The first kappa shape index (κ1) is 16.6. The molecule has 3 aromatic rings. The van der Waals surface area contributed by atoms with E-state index in [4.69, 9.17) is 21.6 Å². The average Bonchev–Trinajstić information content (AvgIpc) is 3.16. The zero-order valence-electron chi connectivity index (χ0n) is 13.1. The van der Waals surface area contributed by atoms with E-state index in [2.05, 4.69) is 5.32 Å². The topological polar surface area (TPSA) is 67.0 Å². The third-order valence-corrected chi connectivity index (χ3v) is 3.68. The number of hydrogen-bond donors (Lipinski definition) is 1. The lowest BCUT2D eigenvalue weighted by molar-refractivity contribution is -0.118. The van der Waals surface area contributed by atoms with Crippen LogP contribution in [0.4, 0.5) is 5.69 Å². The molecule has 0 unspecified atom stereocenters. The van der Waals surface area contributed by atoms with Crippen molar-refractivity contribution in [3.05, 3.63) is 77.6 Å². The zero-order valence-corrected chi connectivity index (χ0v) is 13.9. The highest BCUT2D eigenvalue weighted by atomic mass is 35.5. The van der Waals surface area contributed by atoms with Crippen LogP contribution in [0.15, 0.2) is 67.0 Å². The molecule has 124 valence electrons. The molecule has 3 rings (SSSR count). The maximum Gasteiger partial charge on any atom is 0.262 e. The van der Waals surface area contributed by atoms with Crippen molar-refractivity contribution in [1.29, 1.82) is 5.26 Å². The molecule has 1 aromatic heterocycles. The average molecular weight is 352 g/mol. The molecule has 1 amide bonds. The van der Waals surface area contributed by atoms with Gasteiger partial charge in [0.15, 0.2) is 6.61 Å². The predicted octanol–water partition coefficient (Wildman–Crippen LogP) is 4.02. The molecule has 0 aliphatic rings. The second kappa shape index (κ2) is 7.56. The molecule has 25 heavy (non-hydrogen) atoms. The third-order valence-electron chi connectivity index (χ3n) is 3.45. The molecule has 0 fully saturated rings. The lowest BCUT2D eigenvalue weighted by atomic mass is 10.2. The van der Waals surface area contributed by atoms with Gasteiger partial charge in [-0.3, -0.25) is 4.79 Å². The van der Waals surface area contributed by atoms with Gasteiger partial charge in [-0.25, -0.2) is 0 Å². The quantitative estimate of drug-likeness (QED) is 0.755. The monoisotopic (exact) mass is 351 g/mol. The Morgan fingerprint density at radius 2 is 1.96 bits per heavy atom. The minimum atomic E-state index is -0.307. The Kier molecular flexibility index (Phi) is 5.03. The van der Waals surface area contributed by atoms with E-state index in [-0.39, 0.29) is 12.5 Å². The summed E-state index contributed by atoms with van der Waals surface area (Å²) in [5.41, 5.74) is 1.86. The van der Waals surface area contributed by atoms with E-state index in [1.165, 1.54) is 0 Å². The molecule has 2 aromatic carbocycles. The second-order valence-corrected chi connectivity index (χ2v) is 5.66. The molecule has 0 saturated heterocycles. The Morgan fingerprint density at radius 1 is 1.16 bits per heavy atom. The molecular formula is C19H14ClN3O2. The maximum absolute atomic E-state index is 12.2. The largest absolute Gasteiger partial charge is 0.484 e. The summed E-state index contributed by atoms with van der Waals surface area (Å²) < 4.78 is 7.30. The molecule has 1 N–H and O–H groups in total. The van der Waals surface area contributed by atoms with Crippen LogP contribution >= 0.6 is 11.6 Å². The van der Waals surface area contributed by atoms with Crippen LogP contribution in [0.5, 0.6) is 5.75 Å². The van der Waals surface area contributed by atoms with Crippen LogP contribution in [0.2, 0.25) is 5.02 Å². The van der Waals surface area contributed by atoms with Crippen LogP contribution in [0.3, 0.4) is 0 Å². The lowest BCUT2D eigenvalue weighted by Gasteiger charge is -2.13. The number of amides is 1. The van der Waals surface area contributed by atoms with E-state index in [1.807, 2.05) is 35.2 Å². The van der Waals surface area contributed by atoms with E-state index in [9.17, 15) is 4.79 Å². The Labute approximate surface area is 150 Å². The standard InChI is InChI=1S/C19H14ClN3O2/c20-15-6-7-17(18(11-15)23-8-1-2-9-23)22-19(24)13-25-16-5-3-4-14(10-16)12-21/h1-11H,13H2,(H,22,24). The molecular weight excluding hydrogens is 338 g/mol. The highest BCUT2D eigenvalue weighted by Gasteiger charge is 2.10. The van der Waals surface area contributed by atoms with Crippen molar-refractivity contribution in [3.63, 3.8) is 0 Å². The van der Waals surface area contributed by atoms with Gasteiger partial charge in [-0.2, -0.15) is 5.26 Å². The van der Waals surface area contributed by atoms with E-state index in [1.54, 1.807) is 42.5 Å². The molecule has 0 spiro atoms. The first-order valence-corrected chi connectivity index (χ1v) is 7.89. The van der Waals surface area contributed by atoms with Crippen molar-refractivity contribution in [1.82, 2.24) is 4.57 Å². The van der Waals surface area contributed by atoms with Gasteiger partial charge in [0.05, 0.1) is 23.0 Å². The summed E-state index contributed by atoms with van der Waals surface area (Å²) >= 11 is 6.06. The van der Waals surface area contributed by atoms with Crippen LogP contribution in [-0.4, -0.2) is 17.1 Å². The van der Waals surface area contributed by atoms with Gasteiger partial charge < -0.3 is 14.6 Å². The Morgan fingerprint density at radius 3 is 2.72 bits per heavy atom. The van der Waals surface area contributed by atoms with Crippen molar-refractivity contribution in [2.75, 3.05) is 11.9 Å². The molecule has 5 nitrogen and oxygen atoms in total. The third kappa shape index (κ3) is 4.19. The van der Waals surface area contributed by atoms with Crippen LogP contribution in [0.25, 0.3) is 5.69 Å². The van der Waals surface area contributed by atoms with E-state index in [0.29, 0.717) is 22.0 Å². The first-order chi connectivity index (χ1) is 12.2. The number of hydrogen-bond acceptors (Lipinski definition) is 3. The second-order valence-electron chi connectivity index (χ2n) is 5.23. The number of carbonyl (C=O) groups excluding carboxylic acids is 1. The van der Waals surface area contributed by atoms with Crippen LogP contribution in [0, 0.1) is 11.3 Å². The number of halogens is 1. The van der Waals surface area contributed by atoms with Gasteiger partial charge in [-0.15, -0.1) is 0 Å². The first-order valence-electron chi connectivity index (χ1n) is 7.51. The summed E-state index contributed by atoms with van der Waals surface area (Å²) in [6, 6.07) is 17.7. The van der Waals surface area contributed by atoms with Crippen molar-refractivity contribution in [3.8, 4) is 17.5 Å². The number of nitrogens with zero attached hydrogens (tertiary/aromatic N) is 2. The number of carbonyl (C=O) groups is 1. The number of nitriles is 1. The molecule has 0 aliphatic heterocycles. The van der Waals surface area contributed by atoms with Gasteiger partial charge in [0.2, 0.25) is 0 Å². The molecule has 6 heteroatoms. The SMILES string of the molecule is N#Cc1cccc(OCC(=O)Nc2ccc(Cl)cc2-n2cccc2)c1. The Balaban J connectivity index is 1.70. The van der Waals surface area contributed by atoms with Gasteiger partial charge in [0.1, 0.15) is 5.75 Å². The summed E-state index contributed by atoms with van der Waals surface area (Å²) in [4.78, 5) is 12.2. The minimum Gasteiger partial charge on any atom is -0.484 e. The Bertz CT molecular complexity index is 930. The van der Waals surface area contributed by atoms with Gasteiger partial charge in [-0.1, -0.05) is 17.7 Å². The fourth-order valence-corrected chi connectivity index (χ4v) is 2.48. The summed E-state index contributed by atoms with van der Waals surface area (Å²) in [6.45, 7) is -0.164. The number of rotatable bonds is 5. The smallest absolute Gasteiger partial charge is 0.262 e. The van der Waals surface area contributed by atoms with Crippen molar-refractivity contribution < 1.29 is 9.53 Å². The molecule has 1 heterocycles. The molecule has 0 atom stereocenters.